The number of fused-ring (bicyclic) bond motifs is 1. The lowest BCUT2D eigenvalue weighted by molar-refractivity contribution is 0.101. The molecule has 1 heterocycles. The summed E-state index contributed by atoms with van der Waals surface area (Å²) in [5, 5.41) is 0.646. The van der Waals surface area contributed by atoms with Gasteiger partial charge in [-0.15, -0.1) is 0 Å². The van der Waals surface area contributed by atoms with Crippen LogP contribution in [-0.4, -0.2) is 32.6 Å². The molecule has 27 heavy (non-hydrogen) atoms. The zero-order chi connectivity index (χ0) is 19.4. The third-order valence-electron chi connectivity index (χ3n) is 4.62. The van der Waals surface area contributed by atoms with Crippen molar-refractivity contribution in [2.75, 3.05) is 31.7 Å². The smallest absolute Gasteiger partial charge is 0.344 e. The number of carbonyl (C=O) groups is 1. The molecule has 3 aromatic rings. The average molecular weight is 365 g/mol. The van der Waals surface area contributed by atoms with Gasteiger partial charge >= 0.3 is 5.63 Å². The Morgan fingerprint density at radius 1 is 1.15 bits per heavy atom. The Morgan fingerprint density at radius 3 is 2.52 bits per heavy atom. The molecule has 0 aliphatic rings. The fourth-order valence-corrected chi connectivity index (χ4v) is 3.29. The van der Waals surface area contributed by atoms with Crippen LogP contribution in [0.4, 0.5) is 5.69 Å². The molecule has 0 radical (unpaired) electrons. The van der Waals surface area contributed by atoms with E-state index in [0.29, 0.717) is 34.3 Å². The van der Waals surface area contributed by atoms with E-state index in [0.717, 1.165) is 18.8 Å². The number of rotatable bonds is 7. The van der Waals surface area contributed by atoms with Gasteiger partial charge in [0.15, 0.2) is 5.78 Å². The molecule has 0 amide bonds. The molecule has 0 bridgehead atoms. The standard InChI is InChI=1S/C22H23NO4/c1-4-23(12-13-26-3)17-10-11-18-19(14-17)27-22(25)21(20(18)15(2)24)16-8-6-5-7-9-16/h5-11,14H,4,12-13H2,1-3H3. The molecule has 0 spiro atoms. The maximum atomic E-state index is 12.7. The van der Waals surface area contributed by atoms with Crippen molar-refractivity contribution in [1.29, 1.82) is 0 Å². The predicted molar refractivity (Wildman–Crippen MR) is 108 cm³/mol. The van der Waals surface area contributed by atoms with Crippen molar-refractivity contribution >= 4 is 22.4 Å². The van der Waals surface area contributed by atoms with Crippen LogP contribution < -0.4 is 10.5 Å². The van der Waals surface area contributed by atoms with Crippen LogP contribution in [-0.2, 0) is 4.74 Å². The van der Waals surface area contributed by atoms with Gasteiger partial charge in [0.25, 0.3) is 0 Å². The van der Waals surface area contributed by atoms with Crippen molar-refractivity contribution in [2.45, 2.75) is 13.8 Å². The Labute approximate surface area is 158 Å². The van der Waals surface area contributed by atoms with Gasteiger partial charge in [0.05, 0.1) is 12.2 Å². The molecule has 0 fully saturated rings. The van der Waals surface area contributed by atoms with Crippen molar-refractivity contribution in [3.63, 3.8) is 0 Å². The minimum absolute atomic E-state index is 0.161. The molecule has 3 rings (SSSR count). The van der Waals surface area contributed by atoms with Crippen LogP contribution in [0.5, 0.6) is 0 Å². The number of ether oxygens (including phenoxy) is 1. The van der Waals surface area contributed by atoms with Gasteiger partial charge in [0.2, 0.25) is 0 Å². The van der Waals surface area contributed by atoms with Crippen LogP contribution in [0.15, 0.2) is 57.7 Å². The van der Waals surface area contributed by atoms with E-state index in [4.69, 9.17) is 9.15 Å². The monoisotopic (exact) mass is 365 g/mol. The number of benzene rings is 2. The maximum Gasteiger partial charge on any atom is 0.344 e. The molecule has 0 saturated heterocycles. The number of hydrogen-bond acceptors (Lipinski definition) is 5. The number of likely N-dealkylation sites (N-methyl/N-ethyl adjacent to an activating group) is 1. The number of carbonyl (C=O) groups excluding carboxylic acids is 1. The van der Waals surface area contributed by atoms with Crippen molar-refractivity contribution in [2.24, 2.45) is 0 Å². The third-order valence-corrected chi connectivity index (χ3v) is 4.62. The average Bonchev–Trinajstić information content (AvgIpc) is 2.67. The van der Waals surface area contributed by atoms with E-state index in [1.165, 1.54) is 6.92 Å². The molecule has 5 heteroatoms. The number of ketones is 1. The van der Waals surface area contributed by atoms with Crippen LogP contribution in [0.1, 0.15) is 24.2 Å². The topological polar surface area (TPSA) is 59.8 Å². The Balaban J connectivity index is 2.21. The second kappa shape index (κ2) is 8.18. The molecule has 140 valence electrons. The van der Waals surface area contributed by atoms with Crippen LogP contribution >= 0.6 is 0 Å². The summed E-state index contributed by atoms with van der Waals surface area (Å²) >= 11 is 0. The molecule has 0 aliphatic carbocycles. The second-order valence-corrected chi connectivity index (χ2v) is 6.31. The van der Waals surface area contributed by atoms with Gasteiger partial charge in [-0.2, -0.15) is 0 Å². The first-order chi connectivity index (χ1) is 13.1. The molecule has 0 saturated carbocycles. The van der Waals surface area contributed by atoms with E-state index in [-0.39, 0.29) is 5.78 Å². The number of hydrogen-bond donors (Lipinski definition) is 0. The minimum Gasteiger partial charge on any atom is -0.422 e. The highest BCUT2D eigenvalue weighted by molar-refractivity contribution is 6.11. The predicted octanol–water partition coefficient (Wildman–Crippen LogP) is 4.14. The Bertz CT molecular complexity index is 1010. The van der Waals surface area contributed by atoms with Gasteiger partial charge in [0, 0.05) is 42.9 Å². The van der Waals surface area contributed by atoms with Crippen LogP contribution in [0.2, 0.25) is 0 Å². The minimum atomic E-state index is -0.504. The molecule has 0 aliphatic heterocycles. The molecule has 0 unspecified atom stereocenters. The van der Waals surface area contributed by atoms with Crippen molar-refractivity contribution < 1.29 is 13.9 Å². The second-order valence-electron chi connectivity index (χ2n) is 6.31. The van der Waals surface area contributed by atoms with Gasteiger partial charge in [-0.25, -0.2) is 4.79 Å². The largest absolute Gasteiger partial charge is 0.422 e. The first kappa shape index (κ1) is 18.9. The highest BCUT2D eigenvalue weighted by Gasteiger charge is 2.20. The molecule has 2 aromatic carbocycles. The first-order valence-electron chi connectivity index (χ1n) is 8.98. The summed E-state index contributed by atoms with van der Waals surface area (Å²) in [6.45, 7) is 5.65. The number of methoxy groups -OCH3 is 1. The van der Waals surface area contributed by atoms with Gasteiger partial charge < -0.3 is 14.1 Å². The summed E-state index contributed by atoms with van der Waals surface area (Å²) in [4.78, 5) is 27.3. The van der Waals surface area contributed by atoms with Crippen molar-refractivity contribution in [3.8, 4) is 11.1 Å². The van der Waals surface area contributed by atoms with E-state index in [9.17, 15) is 9.59 Å². The molecular weight excluding hydrogens is 342 g/mol. The van der Waals surface area contributed by atoms with Crippen molar-refractivity contribution in [3.05, 3.63) is 64.5 Å². The van der Waals surface area contributed by atoms with E-state index >= 15 is 0 Å². The Kier molecular flexibility index (Phi) is 5.72. The highest BCUT2D eigenvalue weighted by Crippen LogP contribution is 2.30. The SMILES string of the molecule is CCN(CCOC)c1ccc2c(C(C)=O)c(-c3ccccc3)c(=O)oc2c1. The Hall–Kier alpha value is -2.92. The number of nitrogens with zero attached hydrogens (tertiary/aromatic N) is 1. The molecule has 0 atom stereocenters. The van der Waals surface area contributed by atoms with E-state index < -0.39 is 5.63 Å². The Morgan fingerprint density at radius 2 is 1.89 bits per heavy atom. The van der Waals surface area contributed by atoms with Gasteiger partial charge in [-0.05, 0) is 31.5 Å². The summed E-state index contributed by atoms with van der Waals surface area (Å²) in [6, 6.07) is 14.8. The van der Waals surface area contributed by atoms with E-state index in [1.807, 2.05) is 48.5 Å². The summed E-state index contributed by atoms with van der Waals surface area (Å²) in [5.74, 6) is -0.161. The molecule has 0 N–H and O–H groups in total. The van der Waals surface area contributed by atoms with Gasteiger partial charge in [-0.3, -0.25) is 4.79 Å². The number of anilines is 1. The first-order valence-corrected chi connectivity index (χ1v) is 8.98. The van der Waals surface area contributed by atoms with Crippen molar-refractivity contribution in [1.82, 2.24) is 0 Å². The summed E-state index contributed by atoms with van der Waals surface area (Å²) in [5.41, 5.74) is 2.23. The normalized spacial score (nSPS) is 10.9. The van der Waals surface area contributed by atoms with E-state index in [2.05, 4.69) is 11.8 Å². The van der Waals surface area contributed by atoms with Gasteiger partial charge in [-0.1, -0.05) is 30.3 Å². The fraction of sp³-hybridized carbons (Fsp3) is 0.273. The molecule has 5 nitrogen and oxygen atoms in total. The molecular formula is C22H23NO4. The van der Waals surface area contributed by atoms with Crippen LogP contribution in [0.3, 0.4) is 0 Å². The summed E-state index contributed by atoms with van der Waals surface area (Å²) < 4.78 is 10.8. The maximum absolute atomic E-state index is 12.7. The van der Waals surface area contributed by atoms with Crippen LogP contribution in [0, 0.1) is 0 Å². The number of Topliss-reactive ketones (excluding diaryl/α,β-unsaturated/α-hetero) is 1. The highest BCUT2D eigenvalue weighted by atomic mass is 16.5. The lowest BCUT2D eigenvalue weighted by Crippen LogP contribution is -2.26. The van der Waals surface area contributed by atoms with Gasteiger partial charge in [0.1, 0.15) is 5.58 Å². The summed E-state index contributed by atoms with van der Waals surface area (Å²) in [6.07, 6.45) is 0. The summed E-state index contributed by atoms with van der Waals surface area (Å²) in [7, 11) is 1.66. The fourth-order valence-electron chi connectivity index (χ4n) is 3.29. The van der Waals surface area contributed by atoms with E-state index in [1.54, 1.807) is 7.11 Å². The molecule has 1 aromatic heterocycles. The zero-order valence-corrected chi connectivity index (χ0v) is 15.8. The lowest BCUT2D eigenvalue weighted by Gasteiger charge is -2.23. The lowest BCUT2D eigenvalue weighted by atomic mass is 9.96. The zero-order valence-electron chi connectivity index (χ0n) is 15.8. The third kappa shape index (κ3) is 3.78. The quantitative estimate of drug-likeness (QED) is 0.465. The van der Waals surface area contributed by atoms with Crippen LogP contribution in [0.25, 0.3) is 22.1 Å².